The Hall–Kier alpha value is -3.43. The van der Waals surface area contributed by atoms with Gasteiger partial charge in [-0.1, -0.05) is 13.3 Å². The van der Waals surface area contributed by atoms with Crippen molar-refractivity contribution in [2.75, 3.05) is 13.1 Å². The van der Waals surface area contributed by atoms with E-state index in [-0.39, 0.29) is 11.9 Å². The molecule has 5 heterocycles. The lowest BCUT2D eigenvalue weighted by atomic mass is 9.93. The molecule has 2 atom stereocenters. The molecule has 4 aromatic rings. The topological polar surface area (TPSA) is 117 Å². The van der Waals surface area contributed by atoms with Crippen LogP contribution in [0.25, 0.3) is 16.8 Å². The van der Waals surface area contributed by atoms with Gasteiger partial charge in [0.05, 0.1) is 24.0 Å². The van der Waals surface area contributed by atoms with Crippen LogP contribution in [0.15, 0.2) is 35.5 Å². The van der Waals surface area contributed by atoms with Crippen LogP contribution in [0, 0.1) is 5.92 Å². The van der Waals surface area contributed by atoms with Crippen molar-refractivity contribution in [3.05, 3.63) is 42.6 Å². The molecule has 28 heavy (non-hydrogen) atoms. The van der Waals surface area contributed by atoms with Gasteiger partial charge in [0.1, 0.15) is 12.1 Å². The summed E-state index contributed by atoms with van der Waals surface area (Å²) in [6.45, 7) is 3.77. The minimum absolute atomic E-state index is 0.105. The minimum Gasteiger partial charge on any atom is -0.451 e. The fraction of sp³-hybridized carbons (Fsp3) is 0.389. The summed E-state index contributed by atoms with van der Waals surface area (Å²) in [7, 11) is 0. The van der Waals surface area contributed by atoms with Gasteiger partial charge < -0.3 is 19.6 Å². The zero-order valence-electron chi connectivity index (χ0n) is 15.4. The highest BCUT2D eigenvalue weighted by molar-refractivity contribution is 5.75. The number of aromatic nitrogens is 6. The SMILES string of the molecule is CC[C@H]1CN(C(=O)NCc2cocn2)C[C@H]1c1nnc2cnc3[nH]ccc3n12. The number of nitrogens with zero attached hydrogens (tertiary/aromatic N) is 6. The van der Waals surface area contributed by atoms with E-state index in [1.54, 1.807) is 6.20 Å². The third-order valence-electron chi connectivity index (χ3n) is 5.46. The second-order valence-corrected chi connectivity index (χ2v) is 7.04. The molecule has 10 heteroatoms. The molecule has 0 bridgehead atoms. The number of aromatic amines is 1. The van der Waals surface area contributed by atoms with E-state index in [2.05, 4.69) is 37.4 Å². The van der Waals surface area contributed by atoms with Crippen LogP contribution in [0.1, 0.15) is 30.8 Å². The number of oxazole rings is 1. The quantitative estimate of drug-likeness (QED) is 0.559. The molecular weight excluding hydrogens is 360 g/mol. The van der Waals surface area contributed by atoms with Crippen LogP contribution in [0.2, 0.25) is 0 Å². The monoisotopic (exact) mass is 380 g/mol. The first-order valence-corrected chi connectivity index (χ1v) is 9.31. The Morgan fingerprint density at radius 2 is 2.29 bits per heavy atom. The van der Waals surface area contributed by atoms with Crippen molar-refractivity contribution in [2.24, 2.45) is 5.92 Å². The molecule has 1 aliphatic rings. The van der Waals surface area contributed by atoms with E-state index in [0.29, 0.717) is 36.9 Å². The number of H-pyrrole nitrogens is 1. The second kappa shape index (κ2) is 6.63. The standard InChI is InChI=1S/C18H20N8O2/c1-2-11-7-25(18(27)21-5-12-9-28-10-22-12)8-13(11)17-24-23-15-6-20-16-14(26(15)17)3-4-19-16/h3-4,6,9-11,13,19H,2,5,7-8H2,1H3,(H,21,27)/t11-,13+/m0/s1. The summed E-state index contributed by atoms with van der Waals surface area (Å²) in [5, 5.41) is 11.7. The molecule has 0 saturated carbocycles. The highest BCUT2D eigenvalue weighted by Gasteiger charge is 2.38. The van der Waals surface area contributed by atoms with Gasteiger partial charge in [-0.15, -0.1) is 10.2 Å². The smallest absolute Gasteiger partial charge is 0.317 e. The number of rotatable bonds is 4. The van der Waals surface area contributed by atoms with Crippen LogP contribution in [-0.2, 0) is 6.54 Å². The molecular formula is C18H20N8O2. The lowest BCUT2D eigenvalue weighted by Crippen LogP contribution is -2.38. The molecule has 0 radical (unpaired) electrons. The maximum absolute atomic E-state index is 12.7. The van der Waals surface area contributed by atoms with Gasteiger partial charge in [0.2, 0.25) is 0 Å². The fourth-order valence-electron chi connectivity index (χ4n) is 3.98. The van der Waals surface area contributed by atoms with Crippen LogP contribution in [-0.4, -0.2) is 53.6 Å². The summed E-state index contributed by atoms with van der Waals surface area (Å²) < 4.78 is 6.99. The summed E-state index contributed by atoms with van der Waals surface area (Å²) in [5.74, 6) is 1.30. The van der Waals surface area contributed by atoms with Gasteiger partial charge in [0.15, 0.2) is 17.7 Å². The van der Waals surface area contributed by atoms with Crippen LogP contribution < -0.4 is 5.32 Å². The van der Waals surface area contributed by atoms with Crippen LogP contribution in [0.3, 0.4) is 0 Å². The molecule has 2 N–H and O–H groups in total. The molecule has 0 unspecified atom stereocenters. The molecule has 1 aliphatic heterocycles. The Bertz CT molecular complexity index is 1120. The van der Waals surface area contributed by atoms with E-state index in [1.807, 2.05) is 21.6 Å². The molecule has 4 aromatic heterocycles. The molecule has 0 aromatic carbocycles. The summed E-state index contributed by atoms with van der Waals surface area (Å²) in [6, 6.07) is 1.87. The Morgan fingerprint density at radius 1 is 1.36 bits per heavy atom. The Morgan fingerprint density at radius 3 is 3.11 bits per heavy atom. The highest BCUT2D eigenvalue weighted by atomic mass is 16.3. The van der Waals surface area contributed by atoms with Crippen molar-refractivity contribution in [1.82, 2.24) is 39.8 Å². The predicted octanol–water partition coefficient (Wildman–Crippen LogP) is 1.93. The van der Waals surface area contributed by atoms with E-state index in [4.69, 9.17) is 4.42 Å². The van der Waals surface area contributed by atoms with Gasteiger partial charge >= 0.3 is 6.03 Å². The maximum atomic E-state index is 12.7. The van der Waals surface area contributed by atoms with Crippen molar-refractivity contribution in [1.29, 1.82) is 0 Å². The molecule has 2 amide bonds. The zero-order chi connectivity index (χ0) is 19.1. The number of carbonyl (C=O) groups excluding carboxylic acids is 1. The summed E-state index contributed by atoms with van der Waals surface area (Å²) in [6.07, 6.45) is 7.41. The summed E-state index contributed by atoms with van der Waals surface area (Å²) >= 11 is 0. The lowest BCUT2D eigenvalue weighted by molar-refractivity contribution is 0.206. The molecule has 0 aliphatic carbocycles. The minimum atomic E-state index is -0.105. The lowest BCUT2D eigenvalue weighted by Gasteiger charge is -2.16. The Kier molecular flexibility index (Phi) is 3.96. The van der Waals surface area contributed by atoms with E-state index < -0.39 is 0 Å². The Balaban J connectivity index is 1.41. The largest absolute Gasteiger partial charge is 0.451 e. The molecule has 1 fully saturated rings. The average Bonchev–Trinajstić information content (AvgIpc) is 3.50. The molecule has 144 valence electrons. The third kappa shape index (κ3) is 2.68. The first kappa shape index (κ1) is 16.7. The van der Waals surface area contributed by atoms with Crippen LogP contribution in [0.4, 0.5) is 4.79 Å². The number of likely N-dealkylation sites (tertiary alicyclic amines) is 1. The zero-order valence-corrected chi connectivity index (χ0v) is 15.4. The predicted molar refractivity (Wildman–Crippen MR) is 99.5 cm³/mol. The molecule has 10 nitrogen and oxygen atoms in total. The van der Waals surface area contributed by atoms with Gasteiger partial charge in [-0.2, -0.15) is 0 Å². The number of carbonyl (C=O) groups is 1. The average molecular weight is 380 g/mol. The second-order valence-electron chi connectivity index (χ2n) is 7.04. The van der Waals surface area contributed by atoms with Crippen LogP contribution >= 0.6 is 0 Å². The van der Waals surface area contributed by atoms with Crippen molar-refractivity contribution < 1.29 is 9.21 Å². The normalized spacial score (nSPS) is 19.7. The number of urea groups is 1. The molecule has 1 saturated heterocycles. The molecule has 0 spiro atoms. The van der Waals surface area contributed by atoms with E-state index >= 15 is 0 Å². The third-order valence-corrected chi connectivity index (χ3v) is 5.46. The summed E-state index contributed by atoms with van der Waals surface area (Å²) in [4.78, 5) is 26.0. The number of amides is 2. The van der Waals surface area contributed by atoms with Gasteiger partial charge in [0, 0.05) is 25.2 Å². The van der Waals surface area contributed by atoms with E-state index in [1.165, 1.54) is 12.7 Å². The highest BCUT2D eigenvalue weighted by Crippen LogP contribution is 2.34. The number of hydrogen-bond donors (Lipinski definition) is 2. The first-order chi connectivity index (χ1) is 13.7. The van der Waals surface area contributed by atoms with Crippen molar-refractivity contribution >= 4 is 22.8 Å². The number of hydrogen-bond acceptors (Lipinski definition) is 6. The van der Waals surface area contributed by atoms with E-state index in [0.717, 1.165) is 23.4 Å². The van der Waals surface area contributed by atoms with Crippen molar-refractivity contribution in [2.45, 2.75) is 25.8 Å². The van der Waals surface area contributed by atoms with Gasteiger partial charge in [-0.3, -0.25) is 4.40 Å². The van der Waals surface area contributed by atoms with Crippen LogP contribution in [0.5, 0.6) is 0 Å². The van der Waals surface area contributed by atoms with Gasteiger partial charge in [-0.05, 0) is 12.0 Å². The summed E-state index contributed by atoms with van der Waals surface area (Å²) in [5.41, 5.74) is 3.15. The van der Waals surface area contributed by atoms with Crippen molar-refractivity contribution in [3.63, 3.8) is 0 Å². The number of nitrogens with one attached hydrogen (secondary N) is 2. The number of fused-ring (bicyclic) bond motifs is 3. The van der Waals surface area contributed by atoms with E-state index in [9.17, 15) is 4.79 Å². The maximum Gasteiger partial charge on any atom is 0.317 e. The van der Waals surface area contributed by atoms with Crippen molar-refractivity contribution in [3.8, 4) is 0 Å². The van der Waals surface area contributed by atoms with Gasteiger partial charge in [-0.25, -0.2) is 14.8 Å². The Labute approximate surface area is 160 Å². The fourth-order valence-corrected chi connectivity index (χ4v) is 3.98. The first-order valence-electron chi connectivity index (χ1n) is 9.31. The molecule has 5 rings (SSSR count). The van der Waals surface area contributed by atoms with Gasteiger partial charge in [0.25, 0.3) is 0 Å².